The van der Waals surface area contributed by atoms with Gasteiger partial charge >= 0.3 is 0 Å². The van der Waals surface area contributed by atoms with Crippen molar-refractivity contribution in [2.75, 3.05) is 11.9 Å². The molecule has 0 fully saturated rings. The highest BCUT2D eigenvalue weighted by atomic mass is 32.2. The van der Waals surface area contributed by atoms with Gasteiger partial charge in [0.2, 0.25) is 0 Å². The summed E-state index contributed by atoms with van der Waals surface area (Å²) in [6.07, 6.45) is 0.539. The Hall–Kier alpha value is -2.14. The van der Waals surface area contributed by atoms with Crippen LogP contribution in [0.1, 0.15) is 11.1 Å². The topological polar surface area (TPSA) is 49.7 Å². The van der Waals surface area contributed by atoms with Crippen molar-refractivity contribution >= 4 is 21.5 Å². The van der Waals surface area contributed by atoms with Crippen LogP contribution in [0.25, 0.3) is 0 Å². The summed E-state index contributed by atoms with van der Waals surface area (Å²) in [5.74, 6) is 0.553. The van der Waals surface area contributed by atoms with Crippen molar-refractivity contribution < 1.29 is 8.42 Å². The molecule has 0 atom stereocenters. The molecule has 0 bridgehead atoms. The van der Waals surface area contributed by atoms with Gasteiger partial charge in [-0.1, -0.05) is 35.9 Å². The highest BCUT2D eigenvalue weighted by molar-refractivity contribution is 7.90. The molecule has 0 radical (unpaired) electrons. The Morgan fingerprint density at radius 2 is 1.71 bits per heavy atom. The molecule has 108 valence electrons. The van der Waals surface area contributed by atoms with Gasteiger partial charge in [-0.15, -0.1) is 4.40 Å². The lowest BCUT2D eigenvalue weighted by Crippen LogP contribution is -2.23. The number of amidine groups is 1. The molecule has 0 spiro atoms. The zero-order valence-corrected chi connectivity index (χ0v) is 12.8. The number of sulfonamides is 1. The smallest absolute Gasteiger partial charge is 0.283 e. The quantitative estimate of drug-likeness (QED) is 0.857. The molecule has 0 aliphatic carbocycles. The number of fused-ring (bicyclic) bond motifs is 1. The molecule has 4 nitrogen and oxygen atoms in total. The number of anilines is 1. The van der Waals surface area contributed by atoms with E-state index in [4.69, 9.17) is 0 Å². The first-order chi connectivity index (χ1) is 9.97. The number of hydrogen-bond donors (Lipinski definition) is 0. The van der Waals surface area contributed by atoms with Crippen LogP contribution in [0.4, 0.5) is 5.69 Å². The van der Waals surface area contributed by atoms with E-state index in [-0.39, 0.29) is 4.90 Å². The van der Waals surface area contributed by atoms with Gasteiger partial charge in [-0.2, -0.15) is 8.42 Å². The van der Waals surface area contributed by atoms with Gasteiger partial charge in [0.05, 0.1) is 4.90 Å². The first kappa shape index (κ1) is 13.8. The molecule has 0 aromatic heterocycles. The van der Waals surface area contributed by atoms with Crippen LogP contribution in [0.15, 0.2) is 57.8 Å². The summed E-state index contributed by atoms with van der Waals surface area (Å²) in [6.45, 7) is 1.92. The van der Waals surface area contributed by atoms with Gasteiger partial charge in [0, 0.05) is 19.2 Å². The predicted molar refractivity (Wildman–Crippen MR) is 84.3 cm³/mol. The Morgan fingerprint density at radius 1 is 1.05 bits per heavy atom. The third-order valence-electron chi connectivity index (χ3n) is 3.63. The van der Waals surface area contributed by atoms with E-state index in [0.29, 0.717) is 12.3 Å². The van der Waals surface area contributed by atoms with Crippen molar-refractivity contribution in [3.8, 4) is 0 Å². The molecule has 3 rings (SSSR count). The lowest BCUT2D eigenvalue weighted by atomic mass is 10.2. The van der Waals surface area contributed by atoms with E-state index in [1.165, 1.54) is 0 Å². The molecule has 0 unspecified atom stereocenters. The second-order valence-electron chi connectivity index (χ2n) is 5.16. The van der Waals surface area contributed by atoms with Gasteiger partial charge in [-0.25, -0.2) is 0 Å². The Kier molecular flexibility index (Phi) is 3.29. The third-order valence-corrected chi connectivity index (χ3v) is 4.95. The molecule has 0 saturated heterocycles. The fourth-order valence-electron chi connectivity index (χ4n) is 2.41. The lowest BCUT2D eigenvalue weighted by molar-refractivity contribution is 0.598. The Balaban J connectivity index is 1.98. The summed E-state index contributed by atoms with van der Waals surface area (Å²) in [5.41, 5.74) is 3.13. The highest BCUT2D eigenvalue weighted by Crippen LogP contribution is 2.28. The fourth-order valence-corrected chi connectivity index (χ4v) is 3.46. The Bertz CT molecular complexity index is 808. The molecule has 21 heavy (non-hydrogen) atoms. The summed E-state index contributed by atoms with van der Waals surface area (Å²) < 4.78 is 28.8. The summed E-state index contributed by atoms with van der Waals surface area (Å²) in [7, 11) is -1.82. The standard InChI is InChI=1S/C16H16N2O2S/c1-12-7-9-14(10-8-12)21(19,20)17-16-11-13-5-3-4-6-15(13)18(16)2/h3-10H,11H2,1-2H3/b17-16+. The number of para-hydroxylation sites is 1. The summed E-state index contributed by atoms with van der Waals surface area (Å²) >= 11 is 0. The van der Waals surface area contributed by atoms with Gasteiger partial charge in [0.25, 0.3) is 10.0 Å². The molecule has 5 heteroatoms. The molecule has 1 aliphatic heterocycles. The first-order valence-electron chi connectivity index (χ1n) is 6.69. The van der Waals surface area contributed by atoms with Crippen LogP contribution in [0.3, 0.4) is 0 Å². The van der Waals surface area contributed by atoms with Crippen molar-refractivity contribution in [2.45, 2.75) is 18.2 Å². The molecule has 2 aromatic rings. The van der Waals surface area contributed by atoms with Crippen molar-refractivity contribution in [3.63, 3.8) is 0 Å². The zero-order chi connectivity index (χ0) is 15.0. The van der Waals surface area contributed by atoms with Crippen LogP contribution < -0.4 is 4.90 Å². The highest BCUT2D eigenvalue weighted by Gasteiger charge is 2.24. The average molecular weight is 300 g/mol. The number of rotatable bonds is 2. The Morgan fingerprint density at radius 3 is 2.38 bits per heavy atom. The largest absolute Gasteiger partial charge is 0.332 e. The lowest BCUT2D eigenvalue weighted by Gasteiger charge is -2.13. The molecular formula is C16H16N2O2S. The van der Waals surface area contributed by atoms with Crippen LogP contribution in [-0.4, -0.2) is 21.3 Å². The van der Waals surface area contributed by atoms with Crippen molar-refractivity contribution in [2.24, 2.45) is 4.40 Å². The average Bonchev–Trinajstić information content (AvgIpc) is 2.76. The maximum Gasteiger partial charge on any atom is 0.283 e. The maximum atomic E-state index is 12.4. The number of likely N-dealkylation sites (N-methyl/N-ethyl adjacent to an activating group) is 1. The fraction of sp³-hybridized carbons (Fsp3) is 0.188. The van der Waals surface area contributed by atoms with E-state index >= 15 is 0 Å². The summed E-state index contributed by atoms with van der Waals surface area (Å²) in [6, 6.07) is 14.6. The normalized spacial score (nSPS) is 16.3. The molecular weight excluding hydrogens is 284 g/mol. The molecule has 2 aromatic carbocycles. The number of hydrogen-bond acceptors (Lipinski definition) is 2. The van der Waals surface area contributed by atoms with Gasteiger partial charge in [-0.05, 0) is 30.7 Å². The molecule has 0 amide bonds. The SMILES string of the molecule is Cc1ccc(S(=O)(=O)/N=C2\Cc3ccccc3N2C)cc1. The summed E-state index contributed by atoms with van der Waals surface area (Å²) in [4.78, 5) is 2.06. The molecule has 0 saturated carbocycles. The van der Waals surface area contributed by atoms with Crippen LogP contribution in [0.2, 0.25) is 0 Å². The Labute approximate surface area is 124 Å². The van der Waals surface area contributed by atoms with E-state index in [1.807, 2.05) is 43.1 Å². The van der Waals surface area contributed by atoms with Gasteiger partial charge in [-0.3, -0.25) is 0 Å². The number of nitrogens with zero attached hydrogens (tertiary/aromatic N) is 2. The predicted octanol–water partition coefficient (Wildman–Crippen LogP) is 2.77. The van der Waals surface area contributed by atoms with Crippen molar-refractivity contribution in [3.05, 3.63) is 59.7 Å². The minimum atomic E-state index is -3.66. The minimum absolute atomic E-state index is 0.227. The van der Waals surface area contributed by atoms with Gasteiger partial charge in [0.15, 0.2) is 0 Å². The maximum absolute atomic E-state index is 12.4. The zero-order valence-electron chi connectivity index (χ0n) is 11.9. The van der Waals surface area contributed by atoms with E-state index < -0.39 is 10.0 Å². The van der Waals surface area contributed by atoms with Crippen LogP contribution in [0, 0.1) is 6.92 Å². The van der Waals surface area contributed by atoms with Crippen molar-refractivity contribution in [1.29, 1.82) is 0 Å². The summed E-state index contributed by atoms with van der Waals surface area (Å²) in [5, 5.41) is 0. The minimum Gasteiger partial charge on any atom is -0.332 e. The second-order valence-corrected chi connectivity index (χ2v) is 6.76. The molecule has 0 N–H and O–H groups in total. The second kappa shape index (κ2) is 5.00. The van der Waals surface area contributed by atoms with Crippen LogP contribution in [0.5, 0.6) is 0 Å². The van der Waals surface area contributed by atoms with Gasteiger partial charge in [0.1, 0.15) is 5.84 Å². The molecule has 1 heterocycles. The van der Waals surface area contributed by atoms with Crippen LogP contribution in [-0.2, 0) is 16.4 Å². The van der Waals surface area contributed by atoms with E-state index in [2.05, 4.69) is 4.40 Å². The van der Waals surface area contributed by atoms with E-state index in [0.717, 1.165) is 16.8 Å². The third kappa shape index (κ3) is 2.56. The van der Waals surface area contributed by atoms with E-state index in [9.17, 15) is 8.42 Å². The van der Waals surface area contributed by atoms with E-state index in [1.54, 1.807) is 24.3 Å². The van der Waals surface area contributed by atoms with Crippen LogP contribution >= 0.6 is 0 Å². The molecule has 1 aliphatic rings. The monoisotopic (exact) mass is 300 g/mol. The first-order valence-corrected chi connectivity index (χ1v) is 8.13. The number of aryl methyl sites for hydroxylation is 1. The number of benzene rings is 2. The van der Waals surface area contributed by atoms with Crippen molar-refractivity contribution in [1.82, 2.24) is 0 Å². The van der Waals surface area contributed by atoms with Gasteiger partial charge < -0.3 is 4.90 Å².